The highest BCUT2D eigenvalue weighted by atomic mass is 127. The number of nitrogens with zero attached hydrogens (tertiary/aromatic N) is 3. The van der Waals surface area contributed by atoms with Gasteiger partial charge in [0.2, 0.25) is 0 Å². The summed E-state index contributed by atoms with van der Waals surface area (Å²) >= 11 is 3.74. The van der Waals surface area contributed by atoms with Gasteiger partial charge in [-0.2, -0.15) is 0 Å². The zero-order valence-corrected chi connectivity index (χ0v) is 15.6. The monoisotopic (exact) mass is 439 g/mol. The van der Waals surface area contributed by atoms with E-state index in [9.17, 15) is 4.79 Å². The van der Waals surface area contributed by atoms with E-state index >= 15 is 0 Å². The fraction of sp³-hybridized carbons (Fsp3) is 0.188. The quantitative estimate of drug-likeness (QED) is 0.268. The lowest BCUT2D eigenvalue weighted by atomic mass is 10.2. The number of ether oxygens (including phenoxy) is 1. The van der Waals surface area contributed by atoms with Crippen LogP contribution in [0, 0.1) is 0 Å². The van der Waals surface area contributed by atoms with Gasteiger partial charge in [0.25, 0.3) is 5.56 Å². The van der Waals surface area contributed by atoms with Gasteiger partial charge in [0.1, 0.15) is 11.4 Å². The Labute approximate surface area is 151 Å². The lowest BCUT2D eigenvalue weighted by Crippen LogP contribution is -2.19. The largest absolute Gasteiger partial charge is 0.452 e. The summed E-state index contributed by atoms with van der Waals surface area (Å²) in [6, 6.07) is 9.40. The van der Waals surface area contributed by atoms with Gasteiger partial charge in [0, 0.05) is 23.1 Å². The van der Waals surface area contributed by atoms with Crippen LogP contribution in [0.25, 0.3) is 11.0 Å². The molecule has 0 spiro atoms. The number of hydrogen-bond donors (Lipinski definition) is 0. The summed E-state index contributed by atoms with van der Waals surface area (Å²) in [5.41, 5.74) is 1.59. The molecule has 0 aliphatic carbocycles. The van der Waals surface area contributed by atoms with Crippen LogP contribution >= 0.6 is 34.4 Å². The average Bonchev–Trinajstić information content (AvgIpc) is 2.60. The molecule has 23 heavy (non-hydrogen) atoms. The summed E-state index contributed by atoms with van der Waals surface area (Å²) in [5.74, 6) is 0.902. The van der Waals surface area contributed by atoms with Crippen LogP contribution < -0.4 is 10.3 Å². The van der Waals surface area contributed by atoms with Crippen LogP contribution in [0.3, 0.4) is 0 Å². The minimum atomic E-state index is -0.221. The highest BCUT2D eigenvalue weighted by Crippen LogP contribution is 2.23. The molecule has 7 heteroatoms. The van der Waals surface area contributed by atoms with E-state index in [1.807, 2.05) is 30.5 Å². The van der Waals surface area contributed by atoms with Crippen molar-refractivity contribution >= 4 is 45.4 Å². The lowest BCUT2D eigenvalue weighted by Gasteiger charge is -2.10. The average molecular weight is 439 g/mol. The van der Waals surface area contributed by atoms with E-state index in [2.05, 4.69) is 32.6 Å². The van der Waals surface area contributed by atoms with Crippen molar-refractivity contribution in [2.75, 3.05) is 6.26 Å². The van der Waals surface area contributed by atoms with E-state index in [-0.39, 0.29) is 11.3 Å². The molecule has 2 aromatic heterocycles. The first-order valence-electron chi connectivity index (χ1n) is 6.86. The van der Waals surface area contributed by atoms with Crippen LogP contribution in [0.1, 0.15) is 5.56 Å². The van der Waals surface area contributed by atoms with Crippen LogP contribution in [0.2, 0.25) is 0 Å². The number of pyridine rings is 1. The number of alkyl halides is 1. The van der Waals surface area contributed by atoms with Gasteiger partial charge < -0.3 is 4.74 Å². The fourth-order valence-electron chi connectivity index (χ4n) is 2.15. The van der Waals surface area contributed by atoms with Gasteiger partial charge in [-0.1, -0.05) is 46.5 Å². The summed E-state index contributed by atoms with van der Waals surface area (Å²) in [4.78, 5) is 21.1. The van der Waals surface area contributed by atoms with Crippen molar-refractivity contribution in [2.45, 2.75) is 9.58 Å². The Morgan fingerprint density at radius 3 is 2.70 bits per heavy atom. The van der Waals surface area contributed by atoms with Crippen LogP contribution in [0.4, 0.5) is 0 Å². The number of halogens is 1. The Morgan fingerprint density at radius 1 is 1.30 bits per heavy atom. The summed E-state index contributed by atoms with van der Waals surface area (Å²) < 4.78 is 8.18. The minimum Gasteiger partial charge on any atom is -0.452 e. The highest BCUT2D eigenvalue weighted by Gasteiger charge is 2.11. The normalized spacial score (nSPS) is 10.9. The maximum absolute atomic E-state index is 12.5. The molecule has 0 aliphatic heterocycles. The number of thioether (sulfide) groups is 1. The zero-order chi connectivity index (χ0) is 16.4. The van der Waals surface area contributed by atoms with Crippen LogP contribution in [0.5, 0.6) is 11.5 Å². The molecule has 0 unspecified atom stereocenters. The van der Waals surface area contributed by atoms with Crippen LogP contribution in [-0.2, 0) is 11.5 Å². The Balaban J connectivity index is 2.03. The number of hydrogen-bond acceptors (Lipinski definition) is 5. The first kappa shape index (κ1) is 16.3. The summed E-state index contributed by atoms with van der Waals surface area (Å²) in [7, 11) is 1.69. The number of aryl methyl sites for hydroxylation is 1. The van der Waals surface area contributed by atoms with Gasteiger partial charge in [-0.05, 0) is 30.0 Å². The molecule has 118 valence electrons. The molecule has 0 atom stereocenters. The molecule has 3 rings (SSSR count). The predicted octanol–water partition coefficient (Wildman–Crippen LogP) is 3.78. The van der Waals surface area contributed by atoms with Crippen molar-refractivity contribution in [2.24, 2.45) is 7.05 Å². The van der Waals surface area contributed by atoms with Gasteiger partial charge in [-0.15, -0.1) is 0 Å². The molecule has 0 N–H and O–H groups in total. The molecule has 1 aromatic carbocycles. The zero-order valence-electron chi connectivity index (χ0n) is 12.6. The molecule has 0 amide bonds. The molecule has 0 bridgehead atoms. The first-order chi connectivity index (χ1) is 11.1. The molecule has 0 saturated carbocycles. The van der Waals surface area contributed by atoms with E-state index in [1.54, 1.807) is 19.3 Å². The Kier molecular flexibility index (Phi) is 4.86. The smallest absolute Gasteiger partial charge is 0.294 e. The number of rotatable bonds is 4. The topological polar surface area (TPSA) is 57.0 Å². The van der Waals surface area contributed by atoms with E-state index < -0.39 is 0 Å². The summed E-state index contributed by atoms with van der Waals surface area (Å²) in [6.07, 6.45) is 3.61. The van der Waals surface area contributed by atoms with E-state index in [1.165, 1.54) is 21.9 Å². The van der Waals surface area contributed by atoms with E-state index in [4.69, 9.17) is 4.74 Å². The molecule has 0 radical (unpaired) electrons. The Bertz CT molecular complexity index is 910. The van der Waals surface area contributed by atoms with Gasteiger partial charge in [0.15, 0.2) is 10.9 Å². The molecule has 5 nitrogen and oxygen atoms in total. The molecule has 0 aliphatic rings. The fourth-order valence-corrected chi connectivity index (χ4v) is 2.99. The summed E-state index contributed by atoms with van der Waals surface area (Å²) in [5, 5.41) is 1.40. The Morgan fingerprint density at radius 2 is 2.04 bits per heavy atom. The number of aromatic nitrogens is 3. The second kappa shape index (κ2) is 6.88. The predicted molar refractivity (Wildman–Crippen MR) is 101 cm³/mol. The van der Waals surface area contributed by atoms with Crippen LogP contribution in [-0.4, -0.2) is 20.8 Å². The molecular weight excluding hydrogens is 425 g/mol. The minimum absolute atomic E-state index is 0.221. The third-order valence-corrected chi connectivity index (χ3v) is 4.82. The summed E-state index contributed by atoms with van der Waals surface area (Å²) in [6.45, 7) is 0. The third-order valence-electron chi connectivity index (χ3n) is 3.38. The van der Waals surface area contributed by atoms with Crippen LogP contribution in [0.15, 0.2) is 46.5 Å². The second-order valence-electron chi connectivity index (χ2n) is 4.89. The highest BCUT2D eigenvalue weighted by molar-refractivity contribution is 14.1. The van der Waals surface area contributed by atoms with Crippen molar-refractivity contribution in [3.05, 3.63) is 52.4 Å². The SMILES string of the molecule is CSc1ncc2cc(Oc3ccc(CI)cc3)c(=O)n(C)c2n1. The molecular formula is C16H14IN3O2S. The molecule has 3 aromatic rings. The molecule has 0 saturated heterocycles. The van der Waals surface area contributed by atoms with Crippen molar-refractivity contribution in [1.82, 2.24) is 14.5 Å². The van der Waals surface area contributed by atoms with Gasteiger partial charge >= 0.3 is 0 Å². The lowest BCUT2D eigenvalue weighted by molar-refractivity contribution is 0.471. The first-order valence-corrected chi connectivity index (χ1v) is 9.61. The third kappa shape index (κ3) is 3.35. The second-order valence-corrected chi connectivity index (χ2v) is 6.42. The number of benzene rings is 1. The van der Waals surface area contributed by atoms with Crippen molar-refractivity contribution in [3.63, 3.8) is 0 Å². The maximum atomic E-state index is 12.5. The number of fused-ring (bicyclic) bond motifs is 1. The van der Waals surface area contributed by atoms with E-state index in [0.29, 0.717) is 16.6 Å². The van der Waals surface area contributed by atoms with Gasteiger partial charge in [-0.3, -0.25) is 9.36 Å². The molecule has 0 fully saturated rings. The van der Waals surface area contributed by atoms with Crippen molar-refractivity contribution in [1.29, 1.82) is 0 Å². The maximum Gasteiger partial charge on any atom is 0.294 e. The van der Waals surface area contributed by atoms with Gasteiger partial charge in [0.05, 0.1) is 0 Å². The van der Waals surface area contributed by atoms with Crippen molar-refractivity contribution in [3.8, 4) is 11.5 Å². The standard InChI is InChI=1S/C16H14IN3O2S/c1-20-14-11(9-18-16(19-14)23-2)7-13(15(20)21)22-12-5-3-10(8-17)4-6-12/h3-7,9H,8H2,1-2H3. The van der Waals surface area contributed by atoms with E-state index in [0.717, 1.165) is 9.81 Å². The van der Waals surface area contributed by atoms with Crippen molar-refractivity contribution < 1.29 is 4.74 Å². The van der Waals surface area contributed by atoms with Gasteiger partial charge in [-0.25, -0.2) is 9.97 Å². The Hall–Kier alpha value is -1.61. The molecule has 2 heterocycles.